The second kappa shape index (κ2) is 8.89. The maximum Gasteiger partial charge on any atom is 0.0483 e. The standard InChI is InChI=1S/C19H30N2/c1-2-3-4-5-6-7-10-15-21-16-17(13-14-20)18-11-8-9-12-19(18)21/h8-9,11-12,16H,2-7,10,13-15,20H2,1H3. The average Bonchev–Trinajstić information content (AvgIpc) is 2.85. The van der Waals surface area contributed by atoms with E-state index in [4.69, 9.17) is 5.73 Å². The maximum atomic E-state index is 5.73. The fourth-order valence-electron chi connectivity index (χ4n) is 3.10. The van der Waals surface area contributed by atoms with Crippen LogP contribution in [0, 0.1) is 0 Å². The summed E-state index contributed by atoms with van der Waals surface area (Å²) in [4.78, 5) is 0. The number of aryl methyl sites for hydroxylation is 1. The van der Waals surface area contributed by atoms with Gasteiger partial charge in [0.15, 0.2) is 0 Å². The lowest BCUT2D eigenvalue weighted by atomic mass is 10.1. The lowest BCUT2D eigenvalue weighted by molar-refractivity contribution is 0.556. The van der Waals surface area contributed by atoms with Crippen molar-refractivity contribution in [2.75, 3.05) is 6.54 Å². The highest BCUT2D eigenvalue weighted by Gasteiger charge is 2.06. The first-order chi connectivity index (χ1) is 10.4. The van der Waals surface area contributed by atoms with Crippen molar-refractivity contribution in [3.63, 3.8) is 0 Å². The summed E-state index contributed by atoms with van der Waals surface area (Å²) in [5.74, 6) is 0. The molecule has 2 nitrogen and oxygen atoms in total. The zero-order chi connectivity index (χ0) is 14.9. The Labute approximate surface area is 129 Å². The third-order valence-corrected chi connectivity index (χ3v) is 4.29. The molecule has 0 spiro atoms. The van der Waals surface area contributed by atoms with Crippen LogP contribution in [0.4, 0.5) is 0 Å². The van der Waals surface area contributed by atoms with E-state index in [1.165, 1.54) is 61.4 Å². The van der Waals surface area contributed by atoms with Gasteiger partial charge in [0.1, 0.15) is 0 Å². The lowest BCUT2D eigenvalue weighted by Crippen LogP contribution is -2.02. The van der Waals surface area contributed by atoms with E-state index >= 15 is 0 Å². The van der Waals surface area contributed by atoms with E-state index in [1.54, 1.807) is 0 Å². The zero-order valence-corrected chi connectivity index (χ0v) is 13.5. The normalized spacial score (nSPS) is 11.3. The topological polar surface area (TPSA) is 30.9 Å². The number of rotatable bonds is 10. The van der Waals surface area contributed by atoms with Crippen molar-refractivity contribution in [2.45, 2.75) is 64.8 Å². The van der Waals surface area contributed by atoms with Gasteiger partial charge in [0, 0.05) is 23.6 Å². The van der Waals surface area contributed by atoms with Crippen LogP contribution < -0.4 is 5.73 Å². The minimum atomic E-state index is 0.728. The second-order valence-electron chi connectivity index (χ2n) is 6.02. The van der Waals surface area contributed by atoms with Gasteiger partial charge in [0.25, 0.3) is 0 Å². The molecule has 0 aliphatic carbocycles. The van der Waals surface area contributed by atoms with Gasteiger partial charge in [-0.3, -0.25) is 0 Å². The number of aromatic nitrogens is 1. The molecule has 2 N–H and O–H groups in total. The molecule has 1 aromatic heterocycles. The molecule has 0 atom stereocenters. The van der Waals surface area contributed by atoms with Crippen LogP contribution in [0.1, 0.15) is 57.4 Å². The minimum absolute atomic E-state index is 0.728. The van der Waals surface area contributed by atoms with Gasteiger partial charge in [-0.25, -0.2) is 0 Å². The fourth-order valence-corrected chi connectivity index (χ4v) is 3.10. The molecule has 2 heteroatoms. The van der Waals surface area contributed by atoms with E-state index < -0.39 is 0 Å². The number of nitrogens with zero attached hydrogens (tertiary/aromatic N) is 1. The average molecular weight is 286 g/mol. The zero-order valence-electron chi connectivity index (χ0n) is 13.5. The van der Waals surface area contributed by atoms with Crippen LogP contribution in [-0.2, 0) is 13.0 Å². The van der Waals surface area contributed by atoms with Gasteiger partial charge in [-0.05, 0) is 31.0 Å². The molecule has 2 aromatic rings. The number of benzene rings is 1. The van der Waals surface area contributed by atoms with Crippen LogP contribution in [0.3, 0.4) is 0 Å². The summed E-state index contributed by atoms with van der Waals surface area (Å²) >= 11 is 0. The molecule has 0 aliphatic heterocycles. The molecule has 2 rings (SSSR count). The van der Waals surface area contributed by atoms with Gasteiger partial charge in [0.05, 0.1) is 0 Å². The Morgan fingerprint density at radius 1 is 0.952 bits per heavy atom. The molecule has 116 valence electrons. The van der Waals surface area contributed by atoms with Crippen LogP contribution in [-0.4, -0.2) is 11.1 Å². The van der Waals surface area contributed by atoms with Crippen molar-refractivity contribution >= 4 is 10.9 Å². The smallest absolute Gasteiger partial charge is 0.0483 e. The Hall–Kier alpha value is -1.28. The van der Waals surface area contributed by atoms with E-state index in [1.807, 2.05) is 0 Å². The molecule has 0 amide bonds. The summed E-state index contributed by atoms with van der Waals surface area (Å²) in [6, 6.07) is 8.72. The highest BCUT2D eigenvalue weighted by atomic mass is 15.0. The number of unbranched alkanes of at least 4 members (excludes halogenated alkanes) is 6. The Balaban J connectivity index is 1.87. The molecular weight excluding hydrogens is 256 g/mol. The van der Waals surface area contributed by atoms with Crippen LogP contribution in [0.25, 0.3) is 10.9 Å². The molecule has 0 aliphatic rings. The molecule has 0 fully saturated rings. The molecule has 0 saturated heterocycles. The van der Waals surface area contributed by atoms with Crippen molar-refractivity contribution in [2.24, 2.45) is 5.73 Å². The second-order valence-corrected chi connectivity index (χ2v) is 6.02. The van der Waals surface area contributed by atoms with Crippen LogP contribution in [0.5, 0.6) is 0 Å². The number of hydrogen-bond acceptors (Lipinski definition) is 1. The maximum absolute atomic E-state index is 5.73. The Kier molecular flexibility index (Phi) is 6.81. The van der Waals surface area contributed by atoms with Crippen molar-refractivity contribution in [1.29, 1.82) is 0 Å². The summed E-state index contributed by atoms with van der Waals surface area (Å²) in [7, 11) is 0. The van der Waals surface area contributed by atoms with Gasteiger partial charge in [-0.15, -0.1) is 0 Å². The van der Waals surface area contributed by atoms with Gasteiger partial charge < -0.3 is 10.3 Å². The predicted molar refractivity (Wildman–Crippen MR) is 92.7 cm³/mol. The number of nitrogens with two attached hydrogens (primary N) is 1. The summed E-state index contributed by atoms with van der Waals surface area (Å²) in [6.07, 6.45) is 12.8. The summed E-state index contributed by atoms with van der Waals surface area (Å²) < 4.78 is 2.42. The van der Waals surface area contributed by atoms with Crippen LogP contribution in [0.15, 0.2) is 30.5 Å². The number of fused-ring (bicyclic) bond motifs is 1. The molecule has 1 aromatic carbocycles. The van der Waals surface area contributed by atoms with Crippen molar-refractivity contribution in [3.8, 4) is 0 Å². The Morgan fingerprint density at radius 2 is 1.67 bits per heavy atom. The fraction of sp³-hybridized carbons (Fsp3) is 0.579. The molecule has 0 unspecified atom stereocenters. The number of para-hydroxylation sites is 1. The van der Waals surface area contributed by atoms with Crippen molar-refractivity contribution < 1.29 is 0 Å². The monoisotopic (exact) mass is 286 g/mol. The molecule has 21 heavy (non-hydrogen) atoms. The van der Waals surface area contributed by atoms with Gasteiger partial charge in [0.2, 0.25) is 0 Å². The first-order valence-electron chi connectivity index (χ1n) is 8.63. The molecule has 1 heterocycles. The van der Waals surface area contributed by atoms with E-state index in [0.29, 0.717) is 0 Å². The Bertz CT molecular complexity index is 527. The SMILES string of the molecule is CCCCCCCCCn1cc(CCN)c2ccccc21. The van der Waals surface area contributed by atoms with E-state index in [9.17, 15) is 0 Å². The largest absolute Gasteiger partial charge is 0.347 e. The first kappa shape index (κ1) is 16.1. The predicted octanol–water partition coefficient (Wildman–Crippen LogP) is 4.89. The first-order valence-corrected chi connectivity index (χ1v) is 8.63. The van der Waals surface area contributed by atoms with Gasteiger partial charge in [-0.1, -0.05) is 63.6 Å². The summed E-state index contributed by atoms with van der Waals surface area (Å²) in [5.41, 5.74) is 8.50. The quantitative estimate of drug-likeness (QED) is 0.619. The van der Waals surface area contributed by atoms with E-state index in [0.717, 1.165) is 19.5 Å². The van der Waals surface area contributed by atoms with Gasteiger partial charge in [-0.2, -0.15) is 0 Å². The van der Waals surface area contributed by atoms with Crippen LogP contribution in [0.2, 0.25) is 0 Å². The van der Waals surface area contributed by atoms with Gasteiger partial charge >= 0.3 is 0 Å². The van der Waals surface area contributed by atoms with Crippen molar-refractivity contribution in [3.05, 3.63) is 36.0 Å². The summed E-state index contributed by atoms with van der Waals surface area (Å²) in [6.45, 7) is 4.14. The van der Waals surface area contributed by atoms with E-state index in [-0.39, 0.29) is 0 Å². The van der Waals surface area contributed by atoms with E-state index in [2.05, 4.69) is 42.0 Å². The third kappa shape index (κ3) is 4.60. The third-order valence-electron chi connectivity index (χ3n) is 4.29. The van der Waals surface area contributed by atoms with Crippen LogP contribution >= 0.6 is 0 Å². The summed E-state index contributed by atoms with van der Waals surface area (Å²) in [5, 5.41) is 1.38. The molecule has 0 saturated carbocycles. The molecule has 0 radical (unpaired) electrons. The highest BCUT2D eigenvalue weighted by molar-refractivity contribution is 5.84. The molecular formula is C19H30N2. The Morgan fingerprint density at radius 3 is 2.43 bits per heavy atom. The highest BCUT2D eigenvalue weighted by Crippen LogP contribution is 2.22. The van der Waals surface area contributed by atoms with Crippen molar-refractivity contribution in [1.82, 2.24) is 4.57 Å². The minimum Gasteiger partial charge on any atom is -0.347 e. The number of hydrogen-bond donors (Lipinski definition) is 1. The lowest BCUT2D eigenvalue weighted by Gasteiger charge is -2.05. The molecule has 0 bridgehead atoms.